The Kier molecular flexibility index (Phi) is 5.24. The van der Waals surface area contributed by atoms with Crippen LogP contribution in [0, 0.1) is 10.7 Å². The Morgan fingerprint density at radius 3 is 2.65 bits per heavy atom. The normalized spacial score (nSPS) is 13.5. The Labute approximate surface area is 189 Å². The number of alkyl halides is 3. The number of nitrogens with zero attached hydrogens (tertiary/aromatic N) is 2. The van der Waals surface area contributed by atoms with Gasteiger partial charge in [0.25, 0.3) is 0 Å². The van der Waals surface area contributed by atoms with Crippen molar-refractivity contribution >= 4 is 16.6 Å². The zero-order chi connectivity index (χ0) is 24.0. The van der Waals surface area contributed by atoms with Crippen LogP contribution in [-0.4, -0.2) is 16.5 Å². The van der Waals surface area contributed by atoms with Gasteiger partial charge in [0.2, 0.25) is 5.88 Å². The largest absolute Gasteiger partial charge is 0.493 e. The van der Waals surface area contributed by atoms with Gasteiger partial charge in [0.05, 0.1) is 24.2 Å². The fraction of sp³-hybridized carbons (Fsp3) is 0.167. The molecule has 0 aliphatic carbocycles. The van der Waals surface area contributed by atoms with Gasteiger partial charge in [-0.25, -0.2) is 4.39 Å². The first kappa shape index (κ1) is 21.9. The van der Waals surface area contributed by atoms with Crippen molar-refractivity contribution in [2.75, 3.05) is 6.79 Å². The summed E-state index contributed by atoms with van der Waals surface area (Å²) in [6.45, 7) is -0.0239. The fourth-order valence-electron chi connectivity index (χ4n) is 4.26. The molecule has 0 atom stereocenters. The molecule has 4 aromatic rings. The molecule has 0 spiro atoms. The number of hydrogen-bond donors (Lipinski definition) is 1. The molecule has 6 nitrogen and oxygen atoms in total. The Hall–Kier alpha value is -3.92. The monoisotopic (exact) mass is 472 g/mol. The van der Waals surface area contributed by atoms with Gasteiger partial charge in [-0.1, -0.05) is 24.3 Å². The lowest BCUT2D eigenvalue weighted by Gasteiger charge is -2.21. The predicted molar refractivity (Wildman–Crippen MR) is 115 cm³/mol. The standard InChI is InChI=1S/C24H16F4N2O4/c25-16-7-14(22-15(8-16)11-33-12-34-22)10-30-20-9-13(5-6-18(20)21(29-32)23(30)31)17-3-1-2-4-19(17)24(26,27)28/h1-9,31H,10-12H2. The van der Waals surface area contributed by atoms with E-state index in [1.807, 2.05) is 0 Å². The van der Waals surface area contributed by atoms with Gasteiger partial charge in [0.1, 0.15) is 11.6 Å². The van der Waals surface area contributed by atoms with Crippen LogP contribution in [0.15, 0.2) is 59.8 Å². The number of nitroso groups, excluding NO2 is 1. The van der Waals surface area contributed by atoms with Crippen LogP contribution < -0.4 is 4.74 Å². The minimum Gasteiger partial charge on any atom is -0.493 e. The maximum atomic E-state index is 14.2. The molecule has 0 radical (unpaired) electrons. The molecule has 0 bridgehead atoms. The third-order valence-corrected chi connectivity index (χ3v) is 5.73. The minimum atomic E-state index is -4.58. The minimum absolute atomic E-state index is 0.0381. The van der Waals surface area contributed by atoms with E-state index < -0.39 is 23.4 Å². The van der Waals surface area contributed by atoms with E-state index in [1.54, 1.807) is 0 Å². The number of benzene rings is 3. The molecule has 1 aromatic heterocycles. The van der Waals surface area contributed by atoms with Crippen molar-refractivity contribution in [2.24, 2.45) is 5.18 Å². The molecule has 1 N–H and O–H groups in total. The van der Waals surface area contributed by atoms with Gasteiger partial charge in [0, 0.05) is 16.5 Å². The first-order chi connectivity index (χ1) is 16.3. The second-order valence-corrected chi connectivity index (χ2v) is 7.79. The second-order valence-electron chi connectivity index (χ2n) is 7.79. The molecule has 174 valence electrons. The van der Waals surface area contributed by atoms with Crippen molar-refractivity contribution in [1.29, 1.82) is 0 Å². The lowest BCUT2D eigenvalue weighted by Crippen LogP contribution is -2.14. The Morgan fingerprint density at radius 1 is 1.09 bits per heavy atom. The molecule has 1 aliphatic rings. The van der Waals surface area contributed by atoms with Crippen molar-refractivity contribution in [3.63, 3.8) is 0 Å². The van der Waals surface area contributed by atoms with Crippen LogP contribution >= 0.6 is 0 Å². The van der Waals surface area contributed by atoms with E-state index in [4.69, 9.17) is 9.47 Å². The van der Waals surface area contributed by atoms with E-state index in [9.17, 15) is 27.6 Å². The zero-order valence-corrected chi connectivity index (χ0v) is 17.4. The summed E-state index contributed by atoms with van der Waals surface area (Å²) in [5.74, 6) is -0.656. The van der Waals surface area contributed by atoms with E-state index in [0.29, 0.717) is 16.9 Å². The molecule has 0 fully saturated rings. The fourth-order valence-corrected chi connectivity index (χ4v) is 4.26. The molecule has 10 heteroatoms. The van der Waals surface area contributed by atoms with Crippen LogP contribution in [0.4, 0.5) is 23.2 Å². The van der Waals surface area contributed by atoms with Crippen molar-refractivity contribution in [3.8, 4) is 22.8 Å². The molecular weight excluding hydrogens is 456 g/mol. The highest BCUT2D eigenvalue weighted by atomic mass is 19.4. The first-order valence-electron chi connectivity index (χ1n) is 10.1. The Balaban J connectivity index is 1.69. The van der Waals surface area contributed by atoms with E-state index in [1.165, 1.54) is 53.1 Å². The van der Waals surface area contributed by atoms with Crippen LogP contribution in [0.2, 0.25) is 0 Å². The lowest BCUT2D eigenvalue weighted by atomic mass is 9.98. The highest BCUT2D eigenvalue weighted by Gasteiger charge is 2.33. The van der Waals surface area contributed by atoms with Gasteiger partial charge in [-0.2, -0.15) is 13.2 Å². The number of ether oxygens (including phenoxy) is 2. The molecule has 34 heavy (non-hydrogen) atoms. The van der Waals surface area contributed by atoms with E-state index in [-0.39, 0.29) is 47.7 Å². The number of aromatic hydroxyl groups is 1. The SMILES string of the molecule is O=Nc1c(O)n(Cc2cc(F)cc3c2OCOC3)c2cc(-c3ccccc3C(F)(F)F)ccc12. The maximum Gasteiger partial charge on any atom is 0.417 e. The van der Waals surface area contributed by atoms with Gasteiger partial charge in [-0.15, -0.1) is 4.91 Å². The van der Waals surface area contributed by atoms with Crippen molar-refractivity contribution in [2.45, 2.75) is 19.3 Å². The zero-order valence-electron chi connectivity index (χ0n) is 17.4. The van der Waals surface area contributed by atoms with Crippen LogP contribution in [0.5, 0.6) is 11.6 Å². The number of halogens is 4. The molecule has 0 saturated carbocycles. The van der Waals surface area contributed by atoms with Gasteiger partial charge in [0.15, 0.2) is 12.5 Å². The molecule has 0 saturated heterocycles. The lowest BCUT2D eigenvalue weighted by molar-refractivity contribution is -0.137. The maximum absolute atomic E-state index is 14.2. The van der Waals surface area contributed by atoms with Crippen LogP contribution in [0.3, 0.4) is 0 Å². The number of aromatic nitrogens is 1. The number of hydrogen-bond acceptors (Lipinski definition) is 5. The molecule has 0 amide bonds. The van der Waals surface area contributed by atoms with Crippen LogP contribution in [0.1, 0.15) is 16.7 Å². The molecule has 3 aromatic carbocycles. The summed E-state index contributed by atoms with van der Waals surface area (Å²) in [6, 6.07) is 11.9. The summed E-state index contributed by atoms with van der Waals surface area (Å²) >= 11 is 0. The van der Waals surface area contributed by atoms with Crippen molar-refractivity contribution in [3.05, 3.63) is 82.0 Å². The van der Waals surface area contributed by atoms with Gasteiger partial charge >= 0.3 is 6.18 Å². The number of rotatable bonds is 4. The summed E-state index contributed by atoms with van der Waals surface area (Å²) in [6.07, 6.45) is -4.58. The highest BCUT2D eigenvalue weighted by Crippen LogP contribution is 2.43. The highest BCUT2D eigenvalue weighted by molar-refractivity contribution is 5.97. The number of fused-ring (bicyclic) bond motifs is 2. The third kappa shape index (κ3) is 3.65. The summed E-state index contributed by atoms with van der Waals surface area (Å²) in [4.78, 5) is 11.5. The van der Waals surface area contributed by atoms with Crippen LogP contribution in [-0.2, 0) is 24.1 Å². The summed E-state index contributed by atoms with van der Waals surface area (Å²) in [5, 5.41) is 13.9. The summed E-state index contributed by atoms with van der Waals surface area (Å²) in [7, 11) is 0. The average Bonchev–Trinajstić information content (AvgIpc) is 3.08. The topological polar surface area (TPSA) is 73.0 Å². The predicted octanol–water partition coefficient (Wildman–Crippen LogP) is 6.48. The quantitative estimate of drug-likeness (QED) is 0.272. The molecule has 1 aliphatic heterocycles. The molecule has 5 rings (SSSR count). The second kappa shape index (κ2) is 8.14. The van der Waals surface area contributed by atoms with E-state index >= 15 is 0 Å². The van der Waals surface area contributed by atoms with Crippen LogP contribution in [0.25, 0.3) is 22.0 Å². The summed E-state index contributed by atoms with van der Waals surface area (Å²) < 4.78 is 66.9. The molecule has 0 unspecified atom stereocenters. The molecular formula is C24H16F4N2O4. The van der Waals surface area contributed by atoms with Gasteiger partial charge in [-0.3, -0.25) is 0 Å². The van der Waals surface area contributed by atoms with Gasteiger partial charge in [-0.05, 0) is 46.6 Å². The third-order valence-electron chi connectivity index (χ3n) is 5.73. The Morgan fingerprint density at radius 2 is 1.88 bits per heavy atom. The van der Waals surface area contributed by atoms with E-state index in [0.717, 1.165) is 6.07 Å². The Bertz CT molecular complexity index is 1430. The van der Waals surface area contributed by atoms with Crippen molar-refractivity contribution in [1.82, 2.24) is 4.57 Å². The van der Waals surface area contributed by atoms with E-state index in [2.05, 4.69) is 5.18 Å². The molecule has 2 heterocycles. The smallest absolute Gasteiger partial charge is 0.417 e. The van der Waals surface area contributed by atoms with Gasteiger partial charge < -0.3 is 19.1 Å². The first-order valence-corrected chi connectivity index (χ1v) is 10.1. The average molecular weight is 472 g/mol. The summed E-state index contributed by atoms with van der Waals surface area (Å²) in [5.41, 5.74) is 0.176. The van der Waals surface area contributed by atoms with Crippen molar-refractivity contribution < 1.29 is 32.1 Å².